The average molecular weight is 713 g/mol. The number of pyridine rings is 1. The lowest BCUT2D eigenvalue weighted by Crippen LogP contribution is -2.39. The number of aryl methyl sites for hydroxylation is 2. The minimum Gasteiger partial charge on any atom is -0.478 e. The zero-order chi connectivity index (χ0) is 35.8. The average Bonchev–Trinajstić information content (AvgIpc) is 3.73. The third kappa shape index (κ3) is 6.64. The molecule has 2 aliphatic rings. The topological polar surface area (TPSA) is 177 Å². The summed E-state index contributed by atoms with van der Waals surface area (Å²) in [7, 11) is 5.01. The number of hydrogen-bond acceptors (Lipinski definition) is 11. The van der Waals surface area contributed by atoms with Crippen molar-refractivity contribution in [3.05, 3.63) is 69.7 Å². The van der Waals surface area contributed by atoms with E-state index in [1.165, 1.54) is 11.6 Å². The van der Waals surface area contributed by atoms with E-state index in [1.54, 1.807) is 24.0 Å². The van der Waals surface area contributed by atoms with Crippen LogP contribution in [0, 0.1) is 0 Å². The molecule has 51 heavy (non-hydrogen) atoms. The lowest BCUT2D eigenvalue weighted by Gasteiger charge is -2.26. The number of rotatable bonds is 10. The molecule has 3 aromatic heterocycles. The van der Waals surface area contributed by atoms with Gasteiger partial charge in [0.1, 0.15) is 5.02 Å². The maximum Gasteiger partial charge on any atom is 0.293 e. The largest absolute Gasteiger partial charge is 0.478 e. The maximum absolute atomic E-state index is 12.8. The molecule has 2 atom stereocenters. The van der Waals surface area contributed by atoms with Crippen LogP contribution in [0.5, 0.6) is 5.75 Å². The number of anilines is 4. The Morgan fingerprint density at radius 2 is 1.96 bits per heavy atom. The second kappa shape index (κ2) is 13.9. The molecule has 0 spiro atoms. The molecule has 2 saturated heterocycles. The van der Waals surface area contributed by atoms with Crippen LogP contribution in [0.3, 0.4) is 0 Å². The number of aromatic nitrogens is 5. The molecule has 5 heterocycles. The number of amides is 3. The van der Waals surface area contributed by atoms with Crippen molar-refractivity contribution in [1.82, 2.24) is 34.9 Å². The standard InChI is InChI=1S/C35H37ClN10O5/c1-37-29(48)18-51-27-15-19-14-20(9-11-26(19)44(2)34(27)50)40-32-24(36)17-39-35(42-32)46-13-5-6-21(46)16-38-25-8-4-7-22-30(43-45(3)31(22)25)23-10-12-28(47)41-33(23)49/h4,7-9,11,14-15,17,21,23,38H,5-6,10,12-13,16,18H2,1-3H3,(H,37,48)(H,39,40,42)(H,41,47,49). The molecule has 0 aliphatic carbocycles. The van der Waals surface area contributed by atoms with Crippen LogP contribution >= 0.6 is 11.6 Å². The summed E-state index contributed by atoms with van der Waals surface area (Å²) in [5.41, 5.74) is 3.47. The Morgan fingerprint density at radius 3 is 2.76 bits per heavy atom. The van der Waals surface area contributed by atoms with E-state index in [0.717, 1.165) is 41.4 Å². The molecule has 264 valence electrons. The molecule has 0 radical (unpaired) electrons. The van der Waals surface area contributed by atoms with Gasteiger partial charge in [0.15, 0.2) is 18.2 Å². The molecule has 5 aromatic rings. The number of carbonyl (C=O) groups is 3. The number of halogens is 1. The third-order valence-corrected chi connectivity index (χ3v) is 9.72. The van der Waals surface area contributed by atoms with Crippen LogP contribution in [-0.2, 0) is 28.5 Å². The van der Waals surface area contributed by atoms with Gasteiger partial charge in [-0.1, -0.05) is 23.7 Å². The summed E-state index contributed by atoms with van der Waals surface area (Å²) >= 11 is 6.58. The van der Waals surface area contributed by atoms with Crippen molar-refractivity contribution in [2.75, 3.05) is 42.3 Å². The predicted molar refractivity (Wildman–Crippen MR) is 194 cm³/mol. The van der Waals surface area contributed by atoms with Crippen molar-refractivity contribution in [1.29, 1.82) is 0 Å². The SMILES string of the molecule is CNC(=O)COc1cc2cc(Nc3nc(N4CCCC4CNc4cccc5c(C6CCC(=O)NC6=O)nn(C)c45)ncc3Cl)ccc2n(C)c1=O. The second-order valence-corrected chi connectivity index (χ2v) is 13.1. The summed E-state index contributed by atoms with van der Waals surface area (Å²) < 4.78 is 8.76. The summed E-state index contributed by atoms with van der Waals surface area (Å²) in [4.78, 5) is 60.4. The van der Waals surface area contributed by atoms with Crippen molar-refractivity contribution in [2.24, 2.45) is 14.1 Å². The van der Waals surface area contributed by atoms with Gasteiger partial charge in [0, 0.05) is 63.2 Å². The number of ether oxygens (including phenoxy) is 1. The summed E-state index contributed by atoms with van der Waals surface area (Å²) in [6.45, 7) is 1.11. The van der Waals surface area contributed by atoms with Gasteiger partial charge in [-0.2, -0.15) is 10.1 Å². The Labute approximate surface area is 297 Å². The molecule has 4 N–H and O–H groups in total. The van der Waals surface area contributed by atoms with Gasteiger partial charge < -0.3 is 30.2 Å². The van der Waals surface area contributed by atoms with Gasteiger partial charge in [-0.05, 0) is 49.6 Å². The summed E-state index contributed by atoms with van der Waals surface area (Å²) in [6, 6.07) is 13.1. The Bertz CT molecular complexity index is 2250. The quantitative estimate of drug-likeness (QED) is 0.156. The van der Waals surface area contributed by atoms with E-state index in [4.69, 9.17) is 26.4 Å². The highest BCUT2D eigenvalue weighted by Crippen LogP contribution is 2.34. The summed E-state index contributed by atoms with van der Waals surface area (Å²) in [5, 5.41) is 18.5. The Morgan fingerprint density at radius 1 is 1.12 bits per heavy atom. The van der Waals surface area contributed by atoms with E-state index < -0.39 is 5.92 Å². The first-order valence-corrected chi connectivity index (χ1v) is 17.1. The minimum atomic E-state index is -0.480. The van der Waals surface area contributed by atoms with E-state index in [0.29, 0.717) is 46.7 Å². The molecule has 15 nitrogen and oxygen atoms in total. The molecule has 2 aromatic carbocycles. The minimum absolute atomic E-state index is 0.0659. The van der Waals surface area contributed by atoms with Crippen LogP contribution in [-0.4, -0.2) is 74.8 Å². The monoisotopic (exact) mass is 712 g/mol. The van der Waals surface area contributed by atoms with E-state index in [-0.39, 0.29) is 48.1 Å². The molecule has 0 saturated carbocycles. The zero-order valence-corrected chi connectivity index (χ0v) is 29.1. The lowest BCUT2D eigenvalue weighted by molar-refractivity contribution is -0.134. The number of fused-ring (bicyclic) bond motifs is 2. The van der Waals surface area contributed by atoms with Gasteiger partial charge in [-0.15, -0.1) is 0 Å². The van der Waals surface area contributed by atoms with E-state index >= 15 is 0 Å². The highest BCUT2D eigenvalue weighted by Gasteiger charge is 2.32. The molecule has 2 unspecified atom stereocenters. The number of imide groups is 1. The van der Waals surface area contributed by atoms with Gasteiger partial charge in [-0.25, -0.2) is 4.98 Å². The second-order valence-electron chi connectivity index (χ2n) is 12.7. The number of hydrogen-bond donors (Lipinski definition) is 4. The normalized spacial score (nSPS) is 17.5. The van der Waals surface area contributed by atoms with Crippen molar-refractivity contribution in [3.8, 4) is 5.75 Å². The Kier molecular flexibility index (Phi) is 9.21. The molecule has 16 heteroatoms. The number of carbonyl (C=O) groups excluding carboxylic acids is 3. The molecule has 7 rings (SSSR count). The number of nitrogens with one attached hydrogen (secondary N) is 4. The van der Waals surface area contributed by atoms with Gasteiger partial charge in [0.25, 0.3) is 11.5 Å². The summed E-state index contributed by atoms with van der Waals surface area (Å²) in [5.74, 6) is -0.350. The maximum atomic E-state index is 12.8. The van der Waals surface area contributed by atoms with Crippen LogP contribution in [0.15, 0.2) is 53.5 Å². The van der Waals surface area contributed by atoms with Crippen molar-refractivity contribution >= 4 is 74.3 Å². The molecular weight excluding hydrogens is 676 g/mol. The highest BCUT2D eigenvalue weighted by molar-refractivity contribution is 6.33. The zero-order valence-electron chi connectivity index (χ0n) is 28.3. The Balaban J connectivity index is 1.09. The lowest BCUT2D eigenvalue weighted by atomic mass is 9.92. The van der Waals surface area contributed by atoms with Crippen LogP contribution in [0.1, 0.15) is 37.3 Å². The first-order valence-electron chi connectivity index (χ1n) is 16.7. The fourth-order valence-electron chi connectivity index (χ4n) is 6.83. The van der Waals surface area contributed by atoms with Gasteiger partial charge in [0.2, 0.25) is 17.8 Å². The number of nitrogens with zero attached hydrogens (tertiary/aromatic N) is 6. The summed E-state index contributed by atoms with van der Waals surface area (Å²) in [6.07, 6.45) is 4.19. The van der Waals surface area contributed by atoms with Crippen LogP contribution in [0.2, 0.25) is 5.02 Å². The van der Waals surface area contributed by atoms with Gasteiger partial charge in [0.05, 0.1) is 34.5 Å². The molecule has 2 aliphatic heterocycles. The Hall–Kier alpha value is -5.70. The first kappa shape index (κ1) is 33.8. The van der Waals surface area contributed by atoms with Crippen LogP contribution < -0.4 is 36.5 Å². The number of piperidine rings is 1. The number of para-hydroxylation sites is 1. The van der Waals surface area contributed by atoms with Gasteiger partial charge >= 0.3 is 0 Å². The molecule has 0 bridgehead atoms. The number of benzene rings is 2. The van der Waals surface area contributed by atoms with Crippen molar-refractivity contribution < 1.29 is 19.1 Å². The molecular formula is C35H37ClN10O5. The highest BCUT2D eigenvalue weighted by atomic mass is 35.5. The fraction of sp³-hybridized carbons (Fsp3) is 0.343. The van der Waals surface area contributed by atoms with Crippen molar-refractivity contribution in [3.63, 3.8) is 0 Å². The van der Waals surface area contributed by atoms with E-state index in [2.05, 4.69) is 31.2 Å². The first-order chi connectivity index (χ1) is 24.6. The van der Waals surface area contributed by atoms with E-state index in [1.807, 2.05) is 43.4 Å². The third-order valence-electron chi connectivity index (χ3n) is 9.45. The van der Waals surface area contributed by atoms with Crippen molar-refractivity contribution in [2.45, 2.75) is 37.6 Å². The van der Waals surface area contributed by atoms with E-state index in [9.17, 15) is 19.2 Å². The predicted octanol–water partition coefficient (Wildman–Crippen LogP) is 3.34. The fourth-order valence-corrected chi connectivity index (χ4v) is 6.97. The number of likely N-dealkylation sites (N-methyl/N-ethyl adjacent to an activating group) is 1. The van der Waals surface area contributed by atoms with Gasteiger partial charge in [-0.3, -0.25) is 29.2 Å². The molecule has 3 amide bonds. The molecule has 2 fully saturated rings. The smallest absolute Gasteiger partial charge is 0.293 e. The van der Waals surface area contributed by atoms with Crippen LogP contribution in [0.25, 0.3) is 21.8 Å². The van der Waals surface area contributed by atoms with Crippen LogP contribution in [0.4, 0.5) is 23.1 Å².